The zero-order valence-electron chi connectivity index (χ0n) is 19.1. The summed E-state index contributed by atoms with van der Waals surface area (Å²) in [7, 11) is 0. The molecule has 34 heavy (non-hydrogen) atoms. The van der Waals surface area contributed by atoms with E-state index in [0.29, 0.717) is 36.3 Å². The van der Waals surface area contributed by atoms with Gasteiger partial charge in [0, 0.05) is 53.7 Å². The number of aryl methyl sites for hydroxylation is 1. The lowest BCUT2D eigenvalue weighted by Crippen LogP contribution is -2.43. The van der Waals surface area contributed by atoms with Gasteiger partial charge in [-0.05, 0) is 36.5 Å². The minimum absolute atomic E-state index is 0.0147. The molecule has 0 aliphatic carbocycles. The van der Waals surface area contributed by atoms with E-state index in [1.165, 1.54) is 11.6 Å². The highest BCUT2D eigenvalue weighted by Gasteiger charge is 2.33. The molecule has 2 N–H and O–H groups in total. The SMILES string of the molecule is C=C(C#Cc1ccc(C)c([N+](=O)[O-])c1)NCc1ccc2c(c1)CN(C1CCC(=O)NC1=C)C2=C. The van der Waals surface area contributed by atoms with Crippen LogP contribution in [0.25, 0.3) is 5.70 Å². The lowest BCUT2D eigenvalue weighted by molar-refractivity contribution is -0.385. The Morgan fingerprint density at radius 2 is 2.09 bits per heavy atom. The smallest absolute Gasteiger partial charge is 0.273 e. The average molecular weight is 455 g/mol. The average Bonchev–Trinajstić information content (AvgIpc) is 3.12. The molecule has 1 atom stereocenters. The summed E-state index contributed by atoms with van der Waals surface area (Å²) in [4.78, 5) is 24.5. The number of carbonyl (C=O) groups excluding carboxylic acids is 1. The van der Waals surface area contributed by atoms with E-state index in [0.717, 1.165) is 28.9 Å². The van der Waals surface area contributed by atoms with Gasteiger partial charge in [-0.15, -0.1) is 0 Å². The molecule has 2 heterocycles. The van der Waals surface area contributed by atoms with Crippen LogP contribution >= 0.6 is 0 Å². The monoisotopic (exact) mass is 454 g/mol. The molecule has 7 heteroatoms. The van der Waals surface area contributed by atoms with Gasteiger partial charge in [0.25, 0.3) is 5.69 Å². The number of carbonyl (C=O) groups is 1. The Balaban J connectivity index is 1.39. The van der Waals surface area contributed by atoms with Crippen LogP contribution in [0.5, 0.6) is 0 Å². The van der Waals surface area contributed by atoms with Gasteiger partial charge in [-0.3, -0.25) is 14.9 Å². The highest BCUT2D eigenvalue weighted by Crippen LogP contribution is 2.36. The largest absolute Gasteiger partial charge is 0.375 e. The lowest BCUT2D eigenvalue weighted by atomic mass is 10.0. The van der Waals surface area contributed by atoms with Gasteiger partial charge in [-0.1, -0.05) is 49.9 Å². The molecule has 1 fully saturated rings. The molecule has 2 aliphatic rings. The van der Waals surface area contributed by atoms with E-state index in [1.54, 1.807) is 19.1 Å². The molecule has 1 amide bonds. The normalized spacial score (nSPS) is 16.9. The number of fused-ring (bicyclic) bond motifs is 1. The number of rotatable bonds is 5. The van der Waals surface area contributed by atoms with Crippen molar-refractivity contribution in [2.75, 3.05) is 0 Å². The standard InChI is InChI=1S/C27H26N4O3/c1-17-5-7-21(14-26(17)31(33)34)8-6-18(2)28-15-22-9-10-24-20(4)30(16-23(24)13-22)25-11-12-27(32)29-19(25)3/h5,7,9-10,13-14,25,28H,2-4,11-12,15-16H2,1H3,(H,29,32). The maximum Gasteiger partial charge on any atom is 0.273 e. The summed E-state index contributed by atoms with van der Waals surface area (Å²) >= 11 is 0. The third kappa shape index (κ3) is 4.71. The number of amides is 1. The summed E-state index contributed by atoms with van der Waals surface area (Å²) < 4.78 is 0. The number of benzene rings is 2. The van der Waals surface area contributed by atoms with Crippen LogP contribution in [0, 0.1) is 28.9 Å². The van der Waals surface area contributed by atoms with Crippen LogP contribution in [-0.2, 0) is 17.9 Å². The number of nitrogens with zero attached hydrogens (tertiary/aromatic N) is 2. The highest BCUT2D eigenvalue weighted by atomic mass is 16.6. The Labute approximate surface area is 199 Å². The summed E-state index contributed by atoms with van der Waals surface area (Å²) in [6.45, 7) is 15.2. The molecular formula is C27H26N4O3. The fourth-order valence-electron chi connectivity index (χ4n) is 4.30. The molecule has 0 spiro atoms. The molecule has 4 rings (SSSR count). The first-order chi connectivity index (χ1) is 16.2. The first-order valence-corrected chi connectivity index (χ1v) is 11.0. The highest BCUT2D eigenvalue weighted by molar-refractivity contribution is 5.80. The second-order valence-corrected chi connectivity index (χ2v) is 8.53. The molecule has 1 saturated heterocycles. The maximum absolute atomic E-state index is 11.6. The minimum atomic E-state index is -0.405. The van der Waals surface area contributed by atoms with Crippen LogP contribution in [0.3, 0.4) is 0 Å². The quantitative estimate of drug-likeness (QED) is 0.403. The van der Waals surface area contributed by atoms with Gasteiger partial charge in [-0.25, -0.2) is 0 Å². The third-order valence-electron chi connectivity index (χ3n) is 6.16. The van der Waals surface area contributed by atoms with Crippen molar-refractivity contribution < 1.29 is 9.72 Å². The fraction of sp³-hybridized carbons (Fsp3) is 0.222. The van der Waals surface area contributed by atoms with Gasteiger partial charge in [0.05, 0.1) is 16.7 Å². The van der Waals surface area contributed by atoms with Crippen LogP contribution in [0.2, 0.25) is 0 Å². The third-order valence-corrected chi connectivity index (χ3v) is 6.16. The van der Waals surface area contributed by atoms with Crippen molar-refractivity contribution in [3.05, 3.63) is 105 Å². The van der Waals surface area contributed by atoms with E-state index < -0.39 is 4.92 Å². The van der Waals surface area contributed by atoms with Crippen molar-refractivity contribution in [1.82, 2.24) is 15.5 Å². The molecule has 172 valence electrons. The lowest BCUT2D eigenvalue weighted by Gasteiger charge is -2.34. The summed E-state index contributed by atoms with van der Waals surface area (Å²) in [5, 5.41) is 17.2. The van der Waals surface area contributed by atoms with Crippen LogP contribution in [0.4, 0.5) is 5.69 Å². The summed E-state index contributed by atoms with van der Waals surface area (Å²) in [6.07, 6.45) is 1.22. The van der Waals surface area contributed by atoms with E-state index >= 15 is 0 Å². The van der Waals surface area contributed by atoms with Crippen LogP contribution < -0.4 is 10.6 Å². The first kappa shape index (κ1) is 22.9. The second kappa shape index (κ2) is 9.28. The van der Waals surface area contributed by atoms with E-state index in [9.17, 15) is 14.9 Å². The van der Waals surface area contributed by atoms with Crippen molar-refractivity contribution in [3.8, 4) is 11.8 Å². The number of hydrogen-bond acceptors (Lipinski definition) is 5. The molecule has 2 aromatic carbocycles. The van der Waals surface area contributed by atoms with Crippen molar-refractivity contribution in [1.29, 1.82) is 0 Å². The van der Waals surface area contributed by atoms with E-state index in [-0.39, 0.29) is 17.6 Å². The van der Waals surface area contributed by atoms with Gasteiger partial charge in [0.15, 0.2) is 0 Å². The second-order valence-electron chi connectivity index (χ2n) is 8.53. The van der Waals surface area contributed by atoms with Crippen molar-refractivity contribution in [2.45, 2.75) is 38.9 Å². The minimum Gasteiger partial charge on any atom is -0.375 e. The maximum atomic E-state index is 11.6. The van der Waals surface area contributed by atoms with Gasteiger partial charge in [-0.2, -0.15) is 0 Å². The molecule has 1 unspecified atom stereocenters. The number of hydrogen-bond donors (Lipinski definition) is 2. The Morgan fingerprint density at radius 1 is 1.29 bits per heavy atom. The van der Waals surface area contributed by atoms with E-state index in [1.807, 2.05) is 6.07 Å². The van der Waals surface area contributed by atoms with Crippen LogP contribution in [0.1, 0.15) is 40.7 Å². The zero-order valence-corrected chi connectivity index (χ0v) is 19.1. The Morgan fingerprint density at radius 3 is 2.82 bits per heavy atom. The van der Waals surface area contributed by atoms with Crippen molar-refractivity contribution >= 4 is 17.3 Å². The first-order valence-electron chi connectivity index (χ1n) is 11.0. The summed E-state index contributed by atoms with van der Waals surface area (Å²) in [6, 6.07) is 11.2. The van der Waals surface area contributed by atoms with Gasteiger partial charge < -0.3 is 15.5 Å². The molecule has 7 nitrogen and oxygen atoms in total. The number of piperidine rings is 1. The molecule has 0 aromatic heterocycles. The molecule has 0 saturated carbocycles. The summed E-state index contributed by atoms with van der Waals surface area (Å²) in [5.41, 5.74) is 6.78. The van der Waals surface area contributed by atoms with Gasteiger partial charge in [0.1, 0.15) is 0 Å². The topological polar surface area (TPSA) is 87.5 Å². The van der Waals surface area contributed by atoms with Gasteiger partial charge in [0.2, 0.25) is 5.91 Å². The zero-order chi connectivity index (χ0) is 24.4. The van der Waals surface area contributed by atoms with Crippen LogP contribution in [-0.4, -0.2) is 21.8 Å². The summed E-state index contributed by atoms with van der Waals surface area (Å²) in [5.74, 6) is 5.87. The Hall–Kier alpha value is -4.31. The number of nitro groups is 1. The Kier molecular flexibility index (Phi) is 6.24. The predicted molar refractivity (Wildman–Crippen MR) is 132 cm³/mol. The predicted octanol–water partition coefficient (Wildman–Crippen LogP) is 4.14. The van der Waals surface area contributed by atoms with Crippen molar-refractivity contribution in [2.24, 2.45) is 0 Å². The number of allylic oxidation sites excluding steroid dienone is 1. The van der Waals surface area contributed by atoms with Gasteiger partial charge >= 0.3 is 0 Å². The number of nitro benzene ring substituents is 1. The molecule has 2 aliphatic heterocycles. The molecule has 0 radical (unpaired) electrons. The number of nitrogens with one attached hydrogen (secondary N) is 2. The fourth-order valence-corrected chi connectivity index (χ4v) is 4.30. The van der Waals surface area contributed by atoms with Crippen LogP contribution in [0.15, 0.2) is 67.5 Å². The molecular weight excluding hydrogens is 428 g/mol. The van der Waals surface area contributed by atoms with E-state index in [2.05, 4.69) is 59.2 Å². The molecule has 0 bridgehead atoms. The Bertz CT molecular complexity index is 1300. The van der Waals surface area contributed by atoms with E-state index in [4.69, 9.17) is 0 Å². The molecule has 2 aromatic rings. The van der Waals surface area contributed by atoms with Crippen molar-refractivity contribution in [3.63, 3.8) is 0 Å².